The Morgan fingerprint density at radius 2 is 1.62 bits per heavy atom. The molecule has 0 N–H and O–H groups in total. The van der Waals surface area contributed by atoms with Crippen LogP contribution in [0.2, 0.25) is 0 Å². The van der Waals surface area contributed by atoms with Crippen molar-refractivity contribution in [3.63, 3.8) is 0 Å². The maximum atomic E-state index is 13.5. The zero-order valence-corrected chi connectivity index (χ0v) is 16.9. The highest BCUT2D eigenvalue weighted by molar-refractivity contribution is 6.02. The van der Waals surface area contributed by atoms with E-state index < -0.39 is 4.92 Å². The van der Waals surface area contributed by atoms with Gasteiger partial charge in [-0.25, -0.2) is 9.97 Å². The number of aromatic nitrogens is 4. The van der Waals surface area contributed by atoms with Gasteiger partial charge in [0.1, 0.15) is 16.9 Å². The first-order chi connectivity index (χ1) is 15.5. The van der Waals surface area contributed by atoms with Crippen molar-refractivity contribution >= 4 is 44.3 Å². The molecule has 3 aromatic heterocycles. The van der Waals surface area contributed by atoms with Crippen molar-refractivity contribution in [2.75, 3.05) is 0 Å². The van der Waals surface area contributed by atoms with Crippen LogP contribution in [0.25, 0.3) is 50.0 Å². The van der Waals surface area contributed by atoms with Crippen LogP contribution >= 0.6 is 0 Å². The number of hydrogen-bond donors (Lipinski definition) is 0. The first-order valence-electron chi connectivity index (χ1n) is 9.98. The Morgan fingerprint density at radius 3 is 2.44 bits per heavy atom. The van der Waals surface area contributed by atoms with E-state index in [1.807, 2.05) is 58.5 Å². The number of aryl methyl sites for hydroxylation is 1. The van der Waals surface area contributed by atoms with Gasteiger partial charge in [-0.2, -0.15) is 0 Å². The van der Waals surface area contributed by atoms with Gasteiger partial charge in [-0.3, -0.25) is 19.3 Å². The molecule has 8 heteroatoms. The Balaban J connectivity index is 1.89. The largest absolute Gasteiger partial charge is 0.328 e. The Bertz CT molecular complexity index is 1800. The summed E-state index contributed by atoms with van der Waals surface area (Å²) in [4.78, 5) is 34.1. The lowest BCUT2D eigenvalue weighted by atomic mass is 10.1. The Hall–Kier alpha value is -4.59. The summed E-state index contributed by atoms with van der Waals surface area (Å²) in [7, 11) is 1.85. The van der Waals surface area contributed by atoms with E-state index in [0.29, 0.717) is 39.0 Å². The Morgan fingerprint density at radius 1 is 0.875 bits per heavy atom. The maximum Gasteiger partial charge on any atom is 0.270 e. The van der Waals surface area contributed by atoms with E-state index in [0.717, 1.165) is 11.0 Å². The van der Waals surface area contributed by atoms with E-state index in [9.17, 15) is 14.9 Å². The van der Waals surface area contributed by atoms with Crippen LogP contribution in [-0.2, 0) is 7.05 Å². The molecule has 6 aromatic rings. The minimum atomic E-state index is -0.434. The van der Waals surface area contributed by atoms with Crippen LogP contribution in [-0.4, -0.2) is 23.9 Å². The summed E-state index contributed by atoms with van der Waals surface area (Å²) in [5.41, 5.74) is 3.57. The molecule has 8 nitrogen and oxygen atoms in total. The van der Waals surface area contributed by atoms with Gasteiger partial charge in [-0.1, -0.05) is 36.4 Å². The van der Waals surface area contributed by atoms with Crippen LogP contribution in [0.4, 0.5) is 5.69 Å². The molecule has 0 aliphatic carbocycles. The standard InChI is InChI=1S/C24H15N5O3/c1-27-18-11-4-2-9-16(18)21(30)20-23(27)26-22(14-7-6-8-15(13-14)29(31)32)28-19-12-5-3-10-17(19)25-24(20)28/h2-13H,1H3. The third-order valence-electron chi connectivity index (χ3n) is 5.80. The molecule has 0 saturated heterocycles. The molecule has 0 atom stereocenters. The van der Waals surface area contributed by atoms with E-state index in [4.69, 9.17) is 9.97 Å². The third kappa shape index (κ3) is 2.40. The van der Waals surface area contributed by atoms with Crippen molar-refractivity contribution in [3.8, 4) is 11.4 Å². The van der Waals surface area contributed by atoms with Gasteiger partial charge in [0, 0.05) is 30.1 Å². The van der Waals surface area contributed by atoms with Gasteiger partial charge < -0.3 is 4.57 Å². The van der Waals surface area contributed by atoms with Crippen molar-refractivity contribution in [2.45, 2.75) is 0 Å². The summed E-state index contributed by atoms with van der Waals surface area (Å²) in [5.74, 6) is 0.482. The van der Waals surface area contributed by atoms with Crippen molar-refractivity contribution in [2.24, 2.45) is 7.05 Å². The summed E-state index contributed by atoms with van der Waals surface area (Å²) >= 11 is 0. The van der Waals surface area contributed by atoms with E-state index in [1.165, 1.54) is 12.1 Å². The highest BCUT2D eigenvalue weighted by atomic mass is 16.6. The van der Waals surface area contributed by atoms with Crippen LogP contribution in [0.5, 0.6) is 0 Å². The van der Waals surface area contributed by atoms with Crippen molar-refractivity contribution < 1.29 is 4.92 Å². The topological polar surface area (TPSA) is 95.3 Å². The molecule has 0 fully saturated rings. The quantitative estimate of drug-likeness (QED) is 0.234. The molecule has 3 heterocycles. The average molecular weight is 421 g/mol. The molecule has 0 bridgehead atoms. The van der Waals surface area contributed by atoms with Crippen molar-refractivity contribution in [1.82, 2.24) is 18.9 Å². The van der Waals surface area contributed by atoms with Gasteiger partial charge in [0.15, 0.2) is 5.65 Å². The van der Waals surface area contributed by atoms with E-state index in [2.05, 4.69) is 0 Å². The molecule has 0 saturated carbocycles. The lowest BCUT2D eigenvalue weighted by Crippen LogP contribution is -2.13. The Kier molecular flexibility index (Phi) is 3.67. The lowest BCUT2D eigenvalue weighted by molar-refractivity contribution is -0.384. The number of imidazole rings is 1. The first-order valence-corrected chi connectivity index (χ1v) is 9.98. The number of pyridine rings is 1. The van der Waals surface area contributed by atoms with Crippen molar-refractivity contribution in [1.29, 1.82) is 0 Å². The summed E-state index contributed by atoms with van der Waals surface area (Å²) in [5, 5.41) is 12.4. The van der Waals surface area contributed by atoms with Crippen molar-refractivity contribution in [3.05, 3.63) is 93.1 Å². The summed E-state index contributed by atoms with van der Waals surface area (Å²) in [6, 6.07) is 21.2. The fourth-order valence-corrected chi connectivity index (χ4v) is 4.32. The molecule has 0 unspecified atom stereocenters. The summed E-state index contributed by atoms with van der Waals surface area (Å²) in [6.45, 7) is 0. The zero-order chi connectivity index (χ0) is 22.0. The lowest BCUT2D eigenvalue weighted by Gasteiger charge is -2.13. The number of nitrogens with zero attached hydrogens (tertiary/aromatic N) is 5. The minimum absolute atomic E-state index is 0.0330. The second-order valence-corrected chi connectivity index (χ2v) is 7.61. The van der Waals surface area contributed by atoms with Gasteiger partial charge in [-0.15, -0.1) is 0 Å². The normalized spacial score (nSPS) is 11.7. The third-order valence-corrected chi connectivity index (χ3v) is 5.80. The average Bonchev–Trinajstić information content (AvgIpc) is 3.21. The summed E-state index contributed by atoms with van der Waals surface area (Å²) < 4.78 is 3.68. The number of non-ortho nitro benzene ring substituents is 1. The maximum absolute atomic E-state index is 13.5. The molecule has 0 amide bonds. The molecular weight excluding hydrogens is 406 g/mol. The highest BCUT2D eigenvalue weighted by Crippen LogP contribution is 2.30. The SMILES string of the molecule is Cn1c2ccccc2c(=O)c2c1nc(-c1cccc([N+](=O)[O-])c1)n1c3ccccc3nc21. The van der Waals surface area contributed by atoms with Gasteiger partial charge in [0.25, 0.3) is 5.69 Å². The number of fused-ring (bicyclic) bond motifs is 6. The van der Waals surface area contributed by atoms with Crippen LogP contribution in [0.1, 0.15) is 0 Å². The van der Waals surface area contributed by atoms with Crippen LogP contribution < -0.4 is 5.43 Å². The zero-order valence-electron chi connectivity index (χ0n) is 16.9. The van der Waals surface area contributed by atoms with E-state index >= 15 is 0 Å². The van der Waals surface area contributed by atoms with Gasteiger partial charge in [-0.05, 0) is 24.3 Å². The number of para-hydroxylation sites is 3. The number of nitro groups is 1. The monoisotopic (exact) mass is 421 g/mol. The minimum Gasteiger partial charge on any atom is -0.328 e. The van der Waals surface area contributed by atoms with Crippen LogP contribution in [0.15, 0.2) is 77.6 Å². The molecule has 3 aromatic carbocycles. The fourth-order valence-electron chi connectivity index (χ4n) is 4.32. The van der Waals surface area contributed by atoms with Crippen LogP contribution in [0.3, 0.4) is 0 Å². The molecular formula is C24H15N5O3. The fraction of sp³-hybridized carbons (Fsp3) is 0.0417. The molecule has 6 rings (SSSR count). The molecule has 0 radical (unpaired) electrons. The number of nitro benzene ring substituents is 1. The van der Waals surface area contributed by atoms with Gasteiger partial charge in [0.2, 0.25) is 5.43 Å². The molecule has 32 heavy (non-hydrogen) atoms. The number of benzene rings is 3. The van der Waals surface area contributed by atoms with Gasteiger partial charge >= 0.3 is 0 Å². The van der Waals surface area contributed by atoms with Gasteiger partial charge in [0.05, 0.1) is 21.5 Å². The predicted octanol–water partition coefficient (Wildman–Crippen LogP) is 4.46. The molecule has 0 aliphatic heterocycles. The van der Waals surface area contributed by atoms with Crippen LogP contribution in [0, 0.1) is 10.1 Å². The second-order valence-electron chi connectivity index (χ2n) is 7.61. The smallest absolute Gasteiger partial charge is 0.270 e. The highest BCUT2D eigenvalue weighted by Gasteiger charge is 2.21. The molecule has 0 aliphatic rings. The predicted molar refractivity (Wildman–Crippen MR) is 123 cm³/mol. The number of rotatable bonds is 2. The molecule has 0 spiro atoms. The summed E-state index contributed by atoms with van der Waals surface area (Å²) in [6.07, 6.45) is 0. The number of hydrogen-bond acceptors (Lipinski definition) is 5. The first kappa shape index (κ1) is 18.2. The molecule has 154 valence electrons. The van der Waals surface area contributed by atoms with E-state index in [-0.39, 0.29) is 11.1 Å². The van der Waals surface area contributed by atoms with E-state index in [1.54, 1.807) is 18.2 Å². The Labute approximate surface area is 180 Å². The second kappa shape index (κ2) is 6.45.